The van der Waals surface area contributed by atoms with Crippen LogP contribution in [-0.4, -0.2) is 4.57 Å². The first kappa shape index (κ1) is 34.6. The highest BCUT2D eigenvalue weighted by molar-refractivity contribution is 6.22. The standard InChI is InChI=1S/C57H40N2/c1-39-16-8-13-25-53(39)58(44-32-28-40(29-33-44)41-30-34-45(35-31-41)59-54-26-14-11-21-47(54)48-22-12-15-27-55(48)59)46-36-37-51-52(38-46)57(43-19-6-3-7-20-43)50-24-10-9-23-49(50)56(51)42-17-4-2-5-18-42/h2-38H,1H3. The Labute approximate surface area is 344 Å². The largest absolute Gasteiger partial charge is 0.310 e. The van der Waals surface area contributed by atoms with Gasteiger partial charge in [0.2, 0.25) is 0 Å². The normalized spacial score (nSPS) is 11.5. The number of aromatic nitrogens is 1. The molecule has 1 heterocycles. The summed E-state index contributed by atoms with van der Waals surface area (Å²) < 4.78 is 2.37. The maximum Gasteiger partial charge on any atom is 0.0541 e. The van der Waals surface area contributed by atoms with Crippen LogP contribution in [0.1, 0.15) is 5.56 Å². The molecular weight excluding hydrogens is 713 g/mol. The number of fused-ring (bicyclic) bond motifs is 5. The summed E-state index contributed by atoms with van der Waals surface area (Å²) in [5.74, 6) is 0. The van der Waals surface area contributed by atoms with Crippen molar-refractivity contribution in [3.63, 3.8) is 0 Å². The Morgan fingerprint density at radius 3 is 1.34 bits per heavy atom. The van der Waals surface area contributed by atoms with Crippen molar-refractivity contribution in [2.24, 2.45) is 0 Å². The second-order valence-electron chi connectivity index (χ2n) is 15.3. The predicted molar refractivity (Wildman–Crippen MR) is 252 cm³/mol. The lowest BCUT2D eigenvalue weighted by Gasteiger charge is -2.28. The van der Waals surface area contributed by atoms with Gasteiger partial charge in [-0.3, -0.25) is 0 Å². The topological polar surface area (TPSA) is 8.17 Å². The van der Waals surface area contributed by atoms with Crippen molar-refractivity contribution >= 4 is 60.4 Å². The van der Waals surface area contributed by atoms with Gasteiger partial charge in [0, 0.05) is 33.5 Å². The third-order valence-corrected chi connectivity index (χ3v) is 11.9. The molecule has 0 fully saturated rings. The van der Waals surface area contributed by atoms with Gasteiger partial charge < -0.3 is 9.47 Å². The van der Waals surface area contributed by atoms with Crippen LogP contribution in [0.3, 0.4) is 0 Å². The van der Waals surface area contributed by atoms with Crippen molar-refractivity contribution < 1.29 is 0 Å². The Kier molecular flexibility index (Phi) is 8.41. The SMILES string of the molecule is Cc1ccccc1N(c1ccc(-c2ccc(-n3c4ccccc4c4ccccc43)cc2)cc1)c1ccc2c(-c3ccccc3)c3ccccc3c(-c3ccccc3)c2c1. The number of para-hydroxylation sites is 3. The Morgan fingerprint density at radius 2 is 0.763 bits per heavy atom. The van der Waals surface area contributed by atoms with Crippen LogP contribution in [0, 0.1) is 6.92 Å². The zero-order valence-electron chi connectivity index (χ0n) is 32.8. The van der Waals surface area contributed by atoms with Crippen LogP contribution >= 0.6 is 0 Å². The molecular formula is C57H40N2. The number of hydrogen-bond donors (Lipinski definition) is 0. The molecule has 11 aromatic rings. The average molecular weight is 753 g/mol. The van der Waals surface area contributed by atoms with Crippen LogP contribution in [-0.2, 0) is 0 Å². The van der Waals surface area contributed by atoms with E-state index >= 15 is 0 Å². The molecule has 10 aromatic carbocycles. The molecule has 59 heavy (non-hydrogen) atoms. The summed E-state index contributed by atoms with van der Waals surface area (Å²) in [5, 5.41) is 7.51. The Hall–Kier alpha value is -7.68. The number of aryl methyl sites for hydroxylation is 1. The van der Waals surface area contributed by atoms with Gasteiger partial charge in [0.1, 0.15) is 0 Å². The maximum absolute atomic E-state index is 2.41. The molecule has 0 amide bonds. The van der Waals surface area contributed by atoms with Crippen molar-refractivity contribution in [3.05, 3.63) is 230 Å². The van der Waals surface area contributed by atoms with E-state index in [1.807, 2.05) is 0 Å². The zero-order valence-corrected chi connectivity index (χ0v) is 32.8. The van der Waals surface area contributed by atoms with E-state index in [1.54, 1.807) is 0 Å². The van der Waals surface area contributed by atoms with E-state index in [2.05, 4.69) is 241 Å². The molecule has 0 unspecified atom stereocenters. The smallest absolute Gasteiger partial charge is 0.0541 e. The van der Waals surface area contributed by atoms with Gasteiger partial charge in [0.25, 0.3) is 0 Å². The Bertz CT molecular complexity index is 3250. The van der Waals surface area contributed by atoms with Gasteiger partial charge in [0.05, 0.1) is 11.0 Å². The van der Waals surface area contributed by atoms with Crippen LogP contribution in [0.15, 0.2) is 224 Å². The van der Waals surface area contributed by atoms with E-state index in [1.165, 1.54) is 82.3 Å². The summed E-state index contributed by atoms with van der Waals surface area (Å²) in [6, 6.07) is 81.7. The molecule has 0 atom stereocenters. The first-order chi connectivity index (χ1) is 29.2. The molecule has 278 valence electrons. The van der Waals surface area contributed by atoms with Crippen molar-refractivity contribution in [2.45, 2.75) is 6.92 Å². The van der Waals surface area contributed by atoms with Gasteiger partial charge in [-0.05, 0) is 122 Å². The van der Waals surface area contributed by atoms with Crippen molar-refractivity contribution in [3.8, 4) is 39.1 Å². The minimum atomic E-state index is 1.11. The number of nitrogens with zero attached hydrogens (tertiary/aromatic N) is 2. The lowest BCUT2D eigenvalue weighted by molar-refractivity contribution is 1.18. The van der Waals surface area contributed by atoms with E-state index in [4.69, 9.17) is 0 Å². The maximum atomic E-state index is 2.41. The molecule has 0 saturated carbocycles. The predicted octanol–water partition coefficient (Wildman–Crippen LogP) is 15.9. The second-order valence-corrected chi connectivity index (χ2v) is 15.3. The van der Waals surface area contributed by atoms with E-state index in [-0.39, 0.29) is 0 Å². The van der Waals surface area contributed by atoms with Gasteiger partial charge >= 0.3 is 0 Å². The fourth-order valence-electron chi connectivity index (χ4n) is 9.19. The summed E-state index contributed by atoms with van der Waals surface area (Å²) in [6.07, 6.45) is 0. The molecule has 1 aromatic heterocycles. The van der Waals surface area contributed by atoms with Crippen LogP contribution in [0.5, 0.6) is 0 Å². The highest BCUT2D eigenvalue weighted by Gasteiger charge is 2.21. The Balaban J connectivity index is 1.04. The zero-order chi connectivity index (χ0) is 39.3. The van der Waals surface area contributed by atoms with Gasteiger partial charge in [-0.2, -0.15) is 0 Å². The third kappa shape index (κ3) is 5.88. The van der Waals surface area contributed by atoms with Crippen LogP contribution in [0.25, 0.3) is 82.4 Å². The fraction of sp³-hybridized carbons (Fsp3) is 0.0175. The number of anilines is 3. The molecule has 11 rings (SSSR count). The second kappa shape index (κ2) is 14.4. The highest BCUT2D eigenvalue weighted by Crippen LogP contribution is 2.47. The monoisotopic (exact) mass is 752 g/mol. The van der Waals surface area contributed by atoms with Crippen LogP contribution < -0.4 is 4.90 Å². The third-order valence-electron chi connectivity index (χ3n) is 11.9. The van der Waals surface area contributed by atoms with Gasteiger partial charge in [-0.1, -0.05) is 170 Å². The molecule has 0 aliphatic rings. The minimum absolute atomic E-state index is 1.11. The van der Waals surface area contributed by atoms with Gasteiger partial charge in [0.15, 0.2) is 0 Å². The van der Waals surface area contributed by atoms with Crippen molar-refractivity contribution in [2.75, 3.05) is 4.90 Å². The summed E-state index contributed by atoms with van der Waals surface area (Å²) in [5.41, 5.74) is 15.5. The quantitative estimate of drug-likeness (QED) is 0.147. The van der Waals surface area contributed by atoms with Crippen molar-refractivity contribution in [1.29, 1.82) is 0 Å². The summed E-state index contributed by atoms with van der Waals surface area (Å²) in [4.78, 5) is 2.41. The Morgan fingerprint density at radius 1 is 0.322 bits per heavy atom. The average Bonchev–Trinajstić information content (AvgIpc) is 3.64. The van der Waals surface area contributed by atoms with Crippen LogP contribution in [0.2, 0.25) is 0 Å². The van der Waals surface area contributed by atoms with E-state index in [0.717, 1.165) is 22.7 Å². The van der Waals surface area contributed by atoms with Gasteiger partial charge in [-0.25, -0.2) is 0 Å². The first-order valence-corrected chi connectivity index (χ1v) is 20.4. The number of rotatable bonds is 7. The van der Waals surface area contributed by atoms with E-state index in [9.17, 15) is 0 Å². The molecule has 0 aliphatic carbocycles. The number of benzene rings is 10. The van der Waals surface area contributed by atoms with Gasteiger partial charge in [-0.15, -0.1) is 0 Å². The highest BCUT2D eigenvalue weighted by atomic mass is 15.1. The summed E-state index contributed by atoms with van der Waals surface area (Å²) in [7, 11) is 0. The fourth-order valence-corrected chi connectivity index (χ4v) is 9.19. The molecule has 2 heteroatoms. The molecule has 0 N–H and O–H groups in total. The molecule has 0 spiro atoms. The summed E-state index contributed by atoms with van der Waals surface area (Å²) >= 11 is 0. The minimum Gasteiger partial charge on any atom is -0.310 e. The first-order valence-electron chi connectivity index (χ1n) is 20.4. The lowest BCUT2D eigenvalue weighted by Crippen LogP contribution is -2.11. The van der Waals surface area contributed by atoms with Crippen molar-refractivity contribution in [1.82, 2.24) is 4.57 Å². The van der Waals surface area contributed by atoms with E-state index in [0.29, 0.717) is 0 Å². The summed E-state index contributed by atoms with van der Waals surface area (Å²) in [6.45, 7) is 2.20. The molecule has 0 radical (unpaired) electrons. The molecule has 0 bridgehead atoms. The van der Waals surface area contributed by atoms with Crippen LogP contribution in [0.4, 0.5) is 17.1 Å². The van der Waals surface area contributed by atoms with E-state index < -0.39 is 0 Å². The lowest BCUT2D eigenvalue weighted by atomic mass is 9.85. The molecule has 0 saturated heterocycles. The molecule has 2 nitrogen and oxygen atoms in total. The molecule has 0 aliphatic heterocycles. The number of hydrogen-bond acceptors (Lipinski definition) is 1.